The Labute approximate surface area is 127 Å². The summed E-state index contributed by atoms with van der Waals surface area (Å²) in [6.45, 7) is 3.74. The van der Waals surface area contributed by atoms with Crippen LogP contribution in [0, 0.1) is 13.8 Å². The van der Waals surface area contributed by atoms with E-state index in [0.29, 0.717) is 11.3 Å². The lowest BCUT2D eigenvalue weighted by molar-refractivity contribution is 0.102. The number of para-hydroxylation sites is 1. The number of H-pyrrole nitrogens is 1. The second-order valence-corrected chi connectivity index (χ2v) is 5.32. The summed E-state index contributed by atoms with van der Waals surface area (Å²) in [5.41, 5.74) is 2.92. The van der Waals surface area contributed by atoms with Crippen molar-refractivity contribution in [1.82, 2.24) is 4.98 Å². The topological polar surface area (TPSA) is 62.0 Å². The predicted molar refractivity (Wildman–Crippen MR) is 88.4 cm³/mol. The van der Waals surface area contributed by atoms with Crippen molar-refractivity contribution >= 4 is 22.5 Å². The monoisotopic (exact) mass is 292 g/mol. The van der Waals surface area contributed by atoms with E-state index in [-0.39, 0.29) is 11.1 Å². The molecule has 0 aliphatic rings. The number of benzene rings is 2. The minimum Gasteiger partial charge on any atom is -0.322 e. The predicted octanol–water partition coefficient (Wildman–Crippen LogP) is 3.40. The molecule has 0 aliphatic carbocycles. The lowest BCUT2D eigenvalue weighted by Gasteiger charge is -2.10. The van der Waals surface area contributed by atoms with Gasteiger partial charge in [-0.1, -0.05) is 30.3 Å². The Morgan fingerprint density at radius 2 is 1.82 bits per heavy atom. The Morgan fingerprint density at radius 1 is 1.05 bits per heavy atom. The van der Waals surface area contributed by atoms with Crippen molar-refractivity contribution in [2.75, 3.05) is 5.32 Å². The van der Waals surface area contributed by atoms with Gasteiger partial charge in [0.05, 0.1) is 0 Å². The van der Waals surface area contributed by atoms with E-state index in [0.717, 1.165) is 16.5 Å². The zero-order chi connectivity index (χ0) is 15.7. The number of pyridine rings is 1. The van der Waals surface area contributed by atoms with Crippen molar-refractivity contribution in [1.29, 1.82) is 0 Å². The summed E-state index contributed by atoms with van der Waals surface area (Å²) in [5.74, 6) is -0.393. The molecular weight excluding hydrogens is 276 g/mol. The van der Waals surface area contributed by atoms with E-state index in [4.69, 9.17) is 0 Å². The molecule has 3 rings (SSSR count). The molecule has 0 unspecified atom stereocenters. The first-order chi connectivity index (χ1) is 10.6. The van der Waals surface area contributed by atoms with E-state index in [1.54, 1.807) is 13.0 Å². The van der Waals surface area contributed by atoms with Gasteiger partial charge < -0.3 is 10.3 Å². The number of carbonyl (C=O) groups excluding carboxylic acids is 1. The standard InChI is InChI=1S/C18H16N2O2/c1-11-6-5-7-13(10-11)19-17(21)16-12(2)14-8-3-4-9-15(14)20-18(16)22/h3-10H,1-2H3,(H,19,21)(H,20,22). The van der Waals surface area contributed by atoms with E-state index >= 15 is 0 Å². The van der Waals surface area contributed by atoms with E-state index < -0.39 is 5.91 Å². The third kappa shape index (κ3) is 2.51. The number of aromatic amines is 1. The van der Waals surface area contributed by atoms with Crippen LogP contribution in [0.2, 0.25) is 0 Å². The van der Waals surface area contributed by atoms with Gasteiger partial charge in [-0.05, 0) is 43.2 Å². The number of rotatable bonds is 2. The number of aromatic nitrogens is 1. The Hall–Kier alpha value is -2.88. The molecule has 2 aromatic carbocycles. The number of nitrogens with one attached hydrogen (secondary N) is 2. The molecule has 0 saturated heterocycles. The maximum absolute atomic E-state index is 12.5. The molecule has 1 heterocycles. The van der Waals surface area contributed by atoms with E-state index in [9.17, 15) is 9.59 Å². The van der Waals surface area contributed by atoms with Crippen LogP contribution in [0.1, 0.15) is 21.5 Å². The maximum Gasteiger partial charge on any atom is 0.261 e. The van der Waals surface area contributed by atoms with Gasteiger partial charge >= 0.3 is 0 Å². The van der Waals surface area contributed by atoms with Crippen LogP contribution in [-0.4, -0.2) is 10.9 Å². The third-order valence-electron chi connectivity index (χ3n) is 3.68. The van der Waals surface area contributed by atoms with E-state index in [1.165, 1.54) is 0 Å². The molecule has 4 nitrogen and oxygen atoms in total. The Balaban J connectivity index is 2.06. The fraction of sp³-hybridized carbons (Fsp3) is 0.111. The Morgan fingerprint density at radius 3 is 2.59 bits per heavy atom. The van der Waals surface area contributed by atoms with Crippen LogP contribution in [0.5, 0.6) is 0 Å². The SMILES string of the molecule is Cc1cccc(NC(=O)c2c(C)c3ccccc3[nH]c2=O)c1. The molecule has 22 heavy (non-hydrogen) atoms. The summed E-state index contributed by atoms with van der Waals surface area (Å²) in [6, 6.07) is 14.9. The smallest absolute Gasteiger partial charge is 0.261 e. The van der Waals surface area contributed by atoms with Gasteiger partial charge in [0.2, 0.25) is 0 Å². The molecule has 1 aromatic heterocycles. The van der Waals surface area contributed by atoms with Crippen molar-refractivity contribution in [3.05, 3.63) is 75.6 Å². The first-order valence-corrected chi connectivity index (χ1v) is 7.06. The largest absolute Gasteiger partial charge is 0.322 e. The van der Waals surface area contributed by atoms with Gasteiger partial charge in [-0.3, -0.25) is 9.59 Å². The van der Waals surface area contributed by atoms with Crippen LogP contribution < -0.4 is 10.9 Å². The first-order valence-electron chi connectivity index (χ1n) is 7.06. The highest BCUT2D eigenvalue weighted by molar-refractivity contribution is 6.07. The molecule has 1 amide bonds. The molecule has 0 radical (unpaired) electrons. The number of anilines is 1. The highest BCUT2D eigenvalue weighted by Gasteiger charge is 2.16. The zero-order valence-electron chi connectivity index (χ0n) is 12.4. The average Bonchev–Trinajstić information content (AvgIpc) is 2.47. The van der Waals surface area contributed by atoms with Crippen molar-refractivity contribution in [3.63, 3.8) is 0 Å². The van der Waals surface area contributed by atoms with Crippen LogP contribution in [-0.2, 0) is 0 Å². The third-order valence-corrected chi connectivity index (χ3v) is 3.68. The number of aryl methyl sites for hydroxylation is 2. The molecule has 0 fully saturated rings. The Bertz CT molecular complexity index is 926. The maximum atomic E-state index is 12.5. The fourth-order valence-electron chi connectivity index (χ4n) is 2.60. The minimum absolute atomic E-state index is 0.153. The average molecular weight is 292 g/mol. The molecule has 0 saturated carbocycles. The zero-order valence-corrected chi connectivity index (χ0v) is 12.4. The summed E-state index contributed by atoms with van der Waals surface area (Å²) < 4.78 is 0. The highest BCUT2D eigenvalue weighted by Crippen LogP contribution is 2.18. The molecule has 3 aromatic rings. The van der Waals surface area contributed by atoms with Crippen LogP contribution in [0.4, 0.5) is 5.69 Å². The second-order valence-electron chi connectivity index (χ2n) is 5.32. The van der Waals surface area contributed by atoms with Gasteiger partial charge in [0.1, 0.15) is 5.56 Å². The summed E-state index contributed by atoms with van der Waals surface area (Å²) in [4.78, 5) is 27.5. The van der Waals surface area contributed by atoms with Crippen LogP contribution in [0.15, 0.2) is 53.3 Å². The van der Waals surface area contributed by atoms with Crippen LogP contribution in [0.25, 0.3) is 10.9 Å². The molecule has 4 heteroatoms. The van der Waals surface area contributed by atoms with Crippen molar-refractivity contribution in [2.24, 2.45) is 0 Å². The molecule has 0 spiro atoms. The van der Waals surface area contributed by atoms with Gasteiger partial charge in [0, 0.05) is 16.6 Å². The lowest BCUT2D eigenvalue weighted by Crippen LogP contribution is -2.25. The molecule has 110 valence electrons. The minimum atomic E-state index is -0.393. The van der Waals surface area contributed by atoms with Gasteiger partial charge in [0.15, 0.2) is 0 Å². The van der Waals surface area contributed by atoms with Crippen molar-refractivity contribution in [3.8, 4) is 0 Å². The fourth-order valence-corrected chi connectivity index (χ4v) is 2.60. The van der Waals surface area contributed by atoms with Crippen molar-refractivity contribution in [2.45, 2.75) is 13.8 Å². The quantitative estimate of drug-likeness (QED) is 0.760. The van der Waals surface area contributed by atoms with Crippen LogP contribution >= 0.6 is 0 Å². The lowest BCUT2D eigenvalue weighted by atomic mass is 10.0. The summed E-state index contributed by atoms with van der Waals surface area (Å²) in [5, 5.41) is 3.66. The highest BCUT2D eigenvalue weighted by atomic mass is 16.2. The molecular formula is C18H16N2O2. The number of hydrogen-bond acceptors (Lipinski definition) is 2. The second kappa shape index (κ2) is 5.48. The Kier molecular flexibility index (Phi) is 3.51. The summed E-state index contributed by atoms with van der Waals surface area (Å²) in [7, 11) is 0. The number of fused-ring (bicyclic) bond motifs is 1. The molecule has 0 aliphatic heterocycles. The summed E-state index contributed by atoms with van der Waals surface area (Å²) >= 11 is 0. The van der Waals surface area contributed by atoms with Gasteiger partial charge in [-0.25, -0.2) is 0 Å². The normalized spacial score (nSPS) is 10.6. The molecule has 0 bridgehead atoms. The van der Waals surface area contributed by atoms with Crippen LogP contribution in [0.3, 0.4) is 0 Å². The first kappa shape index (κ1) is 14.1. The summed E-state index contributed by atoms with van der Waals surface area (Å²) in [6.07, 6.45) is 0. The van der Waals surface area contributed by atoms with Gasteiger partial charge in [-0.2, -0.15) is 0 Å². The molecule has 2 N–H and O–H groups in total. The van der Waals surface area contributed by atoms with E-state index in [1.807, 2.05) is 49.4 Å². The number of amides is 1. The van der Waals surface area contributed by atoms with Gasteiger partial charge in [0.25, 0.3) is 11.5 Å². The number of carbonyl (C=O) groups is 1. The van der Waals surface area contributed by atoms with E-state index in [2.05, 4.69) is 10.3 Å². The van der Waals surface area contributed by atoms with Crippen molar-refractivity contribution < 1.29 is 4.79 Å². The number of hydrogen-bond donors (Lipinski definition) is 2. The molecule has 0 atom stereocenters. The van der Waals surface area contributed by atoms with Gasteiger partial charge in [-0.15, -0.1) is 0 Å².